The van der Waals surface area contributed by atoms with Gasteiger partial charge in [-0.15, -0.1) is 0 Å². The zero-order chi connectivity index (χ0) is 11.6. The lowest BCUT2D eigenvalue weighted by Crippen LogP contribution is -1.81. The molecule has 0 amide bonds. The Kier molecular flexibility index (Phi) is 6.00. The summed E-state index contributed by atoms with van der Waals surface area (Å²) in [4.78, 5) is 10.1. The minimum Gasteiger partial charge on any atom is -0.497 e. The van der Waals surface area contributed by atoms with E-state index >= 15 is 0 Å². The van der Waals surface area contributed by atoms with Gasteiger partial charge in [0.15, 0.2) is 0 Å². The molecule has 0 fully saturated rings. The van der Waals surface area contributed by atoms with Gasteiger partial charge in [0.25, 0.3) is 0 Å². The molecular formula is C14H18O2. The largest absolute Gasteiger partial charge is 0.497 e. The van der Waals surface area contributed by atoms with E-state index in [0.717, 1.165) is 31.3 Å². The predicted molar refractivity (Wildman–Crippen MR) is 66.6 cm³/mol. The first-order valence-electron chi connectivity index (χ1n) is 5.61. The SMILES string of the molecule is COc1ccc(C=CCCCCC=O)cc1. The Hall–Kier alpha value is -1.57. The monoisotopic (exact) mass is 218 g/mol. The summed E-state index contributed by atoms with van der Waals surface area (Å²) in [6.07, 6.45) is 8.98. The number of benzene rings is 1. The van der Waals surface area contributed by atoms with E-state index in [2.05, 4.69) is 12.2 Å². The Morgan fingerprint density at radius 1 is 1.12 bits per heavy atom. The van der Waals surface area contributed by atoms with Gasteiger partial charge in [0.1, 0.15) is 12.0 Å². The van der Waals surface area contributed by atoms with Crippen molar-refractivity contribution in [2.24, 2.45) is 0 Å². The molecule has 1 rings (SSSR count). The summed E-state index contributed by atoms with van der Waals surface area (Å²) in [6, 6.07) is 7.96. The first kappa shape index (κ1) is 12.5. The summed E-state index contributed by atoms with van der Waals surface area (Å²) in [5.41, 5.74) is 1.18. The Balaban J connectivity index is 2.29. The molecule has 1 aromatic carbocycles. The third kappa shape index (κ3) is 4.78. The van der Waals surface area contributed by atoms with E-state index in [0.29, 0.717) is 6.42 Å². The van der Waals surface area contributed by atoms with Crippen LogP contribution in [0.2, 0.25) is 0 Å². The van der Waals surface area contributed by atoms with Crippen LogP contribution in [-0.4, -0.2) is 13.4 Å². The van der Waals surface area contributed by atoms with E-state index in [-0.39, 0.29) is 0 Å². The van der Waals surface area contributed by atoms with Gasteiger partial charge in [-0.05, 0) is 37.0 Å². The lowest BCUT2D eigenvalue weighted by molar-refractivity contribution is -0.107. The van der Waals surface area contributed by atoms with Gasteiger partial charge in [-0.3, -0.25) is 0 Å². The van der Waals surface area contributed by atoms with Gasteiger partial charge >= 0.3 is 0 Å². The molecule has 86 valence electrons. The smallest absolute Gasteiger partial charge is 0.119 e. The number of ether oxygens (including phenoxy) is 1. The summed E-state index contributed by atoms with van der Waals surface area (Å²) < 4.78 is 5.08. The van der Waals surface area contributed by atoms with E-state index in [1.165, 1.54) is 5.56 Å². The quantitative estimate of drug-likeness (QED) is 0.517. The van der Waals surface area contributed by atoms with Crippen molar-refractivity contribution in [1.82, 2.24) is 0 Å². The van der Waals surface area contributed by atoms with E-state index in [4.69, 9.17) is 4.74 Å². The Morgan fingerprint density at radius 2 is 1.81 bits per heavy atom. The number of hydrogen-bond acceptors (Lipinski definition) is 2. The molecule has 0 unspecified atom stereocenters. The second kappa shape index (κ2) is 7.69. The molecule has 0 bridgehead atoms. The Bertz CT molecular complexity index is 325. The summed E-state index contributed by atoms with van der Waals surface area (Å²) in [6.45, 7) is 0. The molecule has 0 spiro atoms. The second-order valence-corrected chi connectivity index (χ2v) is 3.63. The molecule has 0 saturated heterocycles. The summed E-state index contributed by atoms with van der Waals surface area (Å²) in [5, 5.41) is 0. The standard InChI is InChI=1S/C14H18O2/c1-16-14-10-8-13(9-11-14)7-5-3-2-4-6-12-15/h5,7-12H,2-4,6H2,1H3. The highest BCUT2D eigenvalue weighted by Gasteiger charge is 1.90. The van der Waals surface area contributed by atoms with Crippen LogP contribution in [0.3, 0.4) is 0 Å². The molecule has 0 aliphatic heterocycles. The molecule has 2 heteroatoms. The van der Waals surface area contributed by atoms with E-state index in [1.807, 2.05) is 24.3 Å². The van der Waals surface area contributed by atoms with Gasteiger partial charge in [-0.1, -0.05) is 24.3 Å². The molecule has 0 N–H and O–H groups in total. The molecule has 0 aliphatic rings. The van der Waals surface area contributed by atoms with Crippen LogP contribution < -0.4 is 4.74 Å². The van der Waals surface area contributed by atoms with Crippen molar-refractivity contribution in [2.45, 2.75) is 25.7 Å². The van der Waals surface area contributed by atoms with Crippen molar-refractivity contribution < 1.29 is 9.53 Å². The molecule has 0 heterocycles. The molecular weight excluding hydrogens is 200 g/mol. The third-order valence-corrected chi connectivity index (χ3v) is 2.37. The van der Waals surface area contributed by atoms with Crippen molar-refractivity contribution >= 4 is 12.4 Å². The summed E-state index contributed by atoms with van der Waals surface area (Å²) >= 11 is 0. The van der Waals surface area contributed by atoms with Crippen LogP contribution >= 0.6 is 0 Å². The highest BCUT2D eigenvalue weighted by atomic mass is 16.5. The minimum atomic E-state index is 0.677. The van der Waals surface area contributed by atoms with E-state index in [9.17, 15) is 4.79 Å². The maximum Gasteiger partial charge on any atom is 0.119 e. The van der Waals surface area contributed by atoms with Gasteiger partial charge in [-0.25, -0.2) is 0 Å². The van der Waals surface area contributed by atoms with Crippen LogP contribution in [0.25, 0.3) is 6.08 Å². The lowest BCUT2D eigenvalue weighted by Gasteiger charge is -1.99. The third-order valence-electron chi connectivity index (χ3n) is 2.37. The highest BCUT2D eigenvalue weighted by Crippen LogP contribution is 2.12. The number of carbonyl (C=O) groups excluding carboxylic acids is 1. The summed E-state index contributed by atoms with van der Waals surface area (Å²) in [5.74, 6) is 0.878. The predicted octanol–water partition coefficient (Wildman–Crippen LogP) is 3.47. The van der Waals surface area contributed by atoms with Crippen LogP contribution in [0.4, 0.5) is 0 Å². The number of hydrogen-bond donors (Lipinski definition) is 0. The van der Waals surface area contributed by atoms with Crippen LogP contribution in [0.1, 0.15) is 31.2 Å². The zero-order valence-corrected chi connectivity index (χ0v) is 9.69. The number of aldehydes is 1. The van der Waals surface area contributed by atoms with Crippen molar-refractivity contribution in [2.75, 3.05) is 7.11 Å². The highest BCUT2D eigenvalue weighted by molar-refractivity contribution is 5.50. The zero-order valence-electron chi connectivity index (χ0n) is 9.69. The fraction of sp³-hybridized carbons (Fsp3) is 0.357. The normalized spacial score (nSPS) is 10.6. The van der Waals surface area contributed by atoms with Gasteiger partial charge < -0.3 is 9.53 Å². The van der Waals surface area contributed by atoms with Crippen molar-refractivity contribution in [1.29, 1.82) is 0 Å². The lowest BCUT2D eigenvalue weighted by atomic mass is 10.1. The fourth-order valence-corrected chi connectivity index (χ4v) is 1.42. The minimum absolute atomic E-state index is 0.677. The van der Waals surface area contributed by atoms with Crippen LogP contribution in [0.5, 0.6) is 5.75 Å². The maximum absolute atomic E-state index is 10.1. The molecule has 0 radical (unpaired) electrons. The molecule has 0 saturated carbocycles. The molecule has 0 atom stereocenters. The number of methoxy groups -OCH3 is 1. The first-order valence-corrected chi connectivity index (χ1v) is 5.61. The molecule has 0 aliphatic carbocycles. The van der Waals surface area contributed by atoms with Crippen LogP contribution in [-0.2, 0) is 4.79 Å². The maximum atomic E-state index is 10.1. The number of carbonyl (C=O) groups is 1. The Morgan fingerprint density at radius 3 is 2.44 bits per heavy atom. The van der Waals surface area contributed by atoms with Gasteiger partial charge in [0, 0.05) is 6.42 Å². The van der Waals surface area contributed by atoms with Crippen LogP contribution in [0, 0.1) is 0 Å². The average Bonchev–Trinajstić information content (AvgIpc) is 2.34. The number of unbranched alkanes of at least 4 members (excludes halogenated alkanes) is 3. The number of allylic oxidation sites excluding steroid dienone is 1. The average molecular weight is 218 g/mol. The van der Waals surface area contributed by atoms with Gasteiger partial charge in [0.05, 0.1) is 7.11 Å². The molecule has 16 heavy (non-hydrogen) atoms. The van der Waals surface area contributed by atoms with Crippen molar-refractivity contribution in [3.05, 3.63) is 35.9 Å². The molecule has 2 nitrogen and oxygen atoms in total. The van der Waals surface area contributed by atoms with E-state index < -0.39 is 0 Å². The van der Waals surface area contributed by atoms with Crippen molar-refractivity contribution in [3.8, 4) is 5.75 Å². The molecule has 0 aromatic heterocycles. The topological polar surface area (TPSA) is 26.3 Å². The fourth-order valence-electron chi connectivity index (χ4n) is 1.42. The van der Waals surface area contributed by atoms with E-state index in [1.54, 1.807) is 7.11 Å². The van der Waals surface area contributed by atoms with Crippen molar-refractivity contribution in [3.63, 3.8) is 0 Å². The second-order valence-electron chi connectivity index (χ2n) is 3.63. The van der Waals surface area contributed by atoms with Crippen LogP contribution in [0.15, 0.2) is 30.3 Å². The number of rotatable bonds is 7. The van der Waals surface area contributed by atoms with Gasteiger partial charge in [-0.2, -0.15) is 0 Å². The first-order chi connectivity index (χ1) is 7.86. The summed E-state index contributed by atoms with van der Waals surface area (Å²) in [7, 11) is 1.66. The molecule has 1 aromatic rings. The van der Waals surface area contributed by atoms with Gasteiger partial charge in [0.2, 0.25) is 0 Å². The Labute approximate surface area is 96.9 Å².